The van der Waals surface area contributed by atoms with Gasteiger partial charge < -0.3 is 9.84 Å². The number of halogens is 3. The van der Waals surface area contributed by atoms with Gasteiger partial charge in [-0.2, -0.15) is 0 Å². The van der Waals surface area contributed by atoms with Crippen LogP contribution in [-0.4, -0.2) is 5.11 Å². The minimum Gasteiger partial charge on any atom is -0.488 e. The Morgan fingerprint density at radius 2 is 1.89 bits per heavy atom. The predicted molar refractivity (Wildman–Crippen MR) is 70.8 cm³/mol. The maximum atomic E-state index is 13.3. The van der Waals surface area contributed by atoms with Gasteiger partial charge in [-0.05, 0) is 40.2 Å². The zero-order valence-corrected chi connectivity index (χ0v) is 11.5. The highest BCUT2D eigenvalue weighted by Gasteiger charge is 2.08. The molecule has 0 spiro atoms. The Labute approximate surface area is 117 Å². The van der Waals surface area contributed by atoms with Gasteiger partial charge in [0.2, 0.25) is 0 Å². The molecule has 0 aliphatic rings. The average molecular weight is 329 g/mol. The zero-order chi connectivity index (χ0) is 13.8. The van der Waals surface area contributed by atoms with Crippen LogP contribution < -0.4 is 4.74 Å². The van der Waals surface area contributed by atoms with Gasteiger partial charge in [0, 0.05) is 11.1 Å². The summed E-state index contributed by atoms with van der Waals surface area (Å²) in [5.41, 5.74) is 0.987. The summed E-state index contributed by atoms with van der Waals surface area (Å²) in [6.45, 7) is -0.200. The van der Waals surface area contributed by atoms with Crippen molar-refractivity contribution in [3.8, 4) is 5.75 Å². The van der Waals surface area contributed by atoms with Crippen molar-refractivity contribution in [2.75, 3.05) is 0 Å². The van der Waals surface area contributed by atoms with Gasteiger partial charge in [-0.3, -0.25) is 0 Å². The Balaban J connectivity index is 2.17. The van der Waals surface area contributed by atoms with Gasteiger partial charge in [-0.15, -0.1) is 0 Å². The largest absolute Gasteiger partial charge is 0.488 e. The number of hydrogen-bond acceptors (Lipinski definition) is 2. The van der Waals surface area contributed by atoms with Gasteiger partial charge in [0.15, 0.2) is 0 Å². The Hall–Kier alpha value is -1.46. The van der Waals surface area contributed by atoms with Crippen LogP contribution in [0.15, 0.2) is 40.9 Å². The Morgan fingerprint density at radius 1 is 1.11 bits per heavy atom. The minimum absolute atomic E-state index is 0.122. The van der Waals surface area contributed by atoms with E-state index < -0.39 is 5.82 Å². The molecular weight excluding hydrogens is 318 g/mol. The van der Waals surface area contributed by atoms with E-state index in [0.29, 0.717) is 21.3 Å². The van der Waals surface area contributed by atoms with E-state index in [9.17, 15) is 8.78 Å². The second-order valence-electron chi connectivity index (χ2n) is 3.91. The topological polar surface area (TPSA) is 29.5 Å². The van der Waals surface area contributed by atoms with Crippen LogP contribution in [0.25, 0.3) is 0 Å². The molecule has 0 heterocycles. The van der Waals surface area contributed by atoms with Gasteiger partial charge in [0.1, 0.15) is 24.0 Å². The van der Waals surface area contributed by atoms with Crippen LogP contribution in [0, 0.1) is 11.6 Å². The van der Waals surface area contributed by atoms with Crippen LogP contribution in [0.2, 0.25) is 0 Å². The Kier molecular flexibility index (Phi) is 4.50. The van der Waals surface area contributed by atoms with Crippen LogP contribution in [0.5, 0.6) is 5.75 Å². The van der Waals surface area contributed by atoms with E-state index in [-0.39, 0.29) is 19.0 Å². The minimum atomic E-state index is -0.441. The quantitative estimate of drug-likeness (QED) is 0.925. The molecule has 0 amide bonds. The number of ether oxygens (including phenoxy) is 1. The molecule has 2 aromatic carbocycles. The third kappa shape index (κ3) is 3.30. The molecule has 2 aromatic rings. The SMILES string of the molecule is OCc1cc(F)ccc1OCc1cccc(F)c1Br. The lowest BCUT2D eigenvalue weighted by Crippen LogP contribution is -2.00. The molecule has 5 heteroatoms. The molecular formula is C14H11BrF2O2. The molecule has 0 aliphatic heterocycles. The lowest BCUT2D eigenvalue weighted by Gasteiger charge is -2.11. The van der Waals surface area contributed by atoms with Crippen molar-refractivity contribution in [1.29, 1.82) is 0 Å². The number of aliphatic hydroxyl groups excluding tert-OH is 1. The van der Waals surface area contributed by atoms with Crippen molar-refractivity contribution >= 4 is 15.9 Å². The van der Waals surface area contributed by atoms with Crippen LogP contribution in [-0.2, 0) is 13.2 Å². The molecule has 0 atom stereocenters. The van der Waals surface area contributed by atoms with E-state index in [1.165, 1.54) is 24.3 Å². The van der Waals surface area contributed by atoms with E-state index in [1.807, 2.05) is 0 Å². The number of rotatable bonds is 4. The van der Waals surface area contributed by atoms with E-state index >= 15 is 0 Å². The van der Waals surface area contributed by atoms with Gasteiger partial charge in [0.25, 0.3) is 0 Å². The normalized spacial score (nSPS) is 10.5. The lowest BCUT2D eigenvalue weighted by atomic mass is 10.2. The number of benzene rings is 2. The van der Waals surface area contributed by atoms with Gasteiger partial charge in [-0.1, -0.05) is 12.1 Å². The lowest BCUT2D eigenvalue weighted by molar-refractivity contribution is 0.257. The standard InChI is InChI=1S/C14H11BrF2O2/c15-14-9(2-1-3-12(14)17)8-19-13-5-4-11(16)6-10(13)7-18/h1-6,18H,7-8H2. The summed E-state index contributed by atoms with van der Waals surface area (Å²) in [6, 6.07) is 8.52. The van der Waals surface area contributed by atoms with E-state index in [0.717, 1.165) is 0 Å². The molecule has 0 unspecified atom stereocenters. The highest BCUT2D eigenvalue weighted by molar-refractivity contribution is 9.10. The molecule has 0 saturated carbocycles. The fourth-order valence-electron chi connectivity index (χ4n) is 1.63. The van der Waals surface area contributed by atoms with Gasteiger partial charge in [0.05, 0.1) is 11.1 Å². The molecule has 0 aliphatic carbocycles. The third-order valence-corrected chi connectivity index (χ3v) is 3.50. The molecule has 100 valence electrons. The first-order valence-electron chi connectivity index (χ1n) is 5.57. The second-order valence-corrected chi connectivity index (χ2v) is 4.70. The van der Waals surface area contributed by atoms with E-state index in [2.05, 4.69) is 15.9 Å². The summed E-state index contributed by atoms with van der Waals surface area (Å²) in [6.07, 6.45) is 0. The summed E-state index contributed by atoms with van der Waals surface area (Å²) in [5.74, 6) is -0.439. The van der Waals surface area contributed by atoms with Crippen molar-refractivity contribution in [2.45, 2.75) is 13.2 Å². The van der Waals surface area contributed by atoms with Crippen molar-refractivity contribution in [3.63, 3.8) is 0 Å². The van der Waals surface area contributed by atoms with Crippen molar-refractivity contribution < 1.29 is 18.6 Å². The molecule has 0 aromatic heterocycles. The maximum absolute atomic E-state index is 13.3. The predicted octanol–water partition coefficient (Wildman–Crippen LogP) is 3.80. The van der Waals surface area contributed by atoms with Crippen LogP contribution in [0.4, 0.5) is 8.78 Å². The first-order chi connectivity index (χ1) is 9.11. The summed E-state index contributed by atoms with van der Waals surface area (Å²) in [5, 5.41) is 9.12. The molecule has 0 fully saturated rings. The fourth-order valence-corrected chi connectivity index (χ4v) is 2.01. The summed E-state index contributed by atoms with van der Waals surface area (Å²) in [7, 11) is 0. The molecule has 1 N–H and O–H groups in total. The third-order valence-electron chi connectivity index (χ3n) is 2.61. The van der Waals surface area contributed by atoms with Crippen LogP contribution >= 0.6 is 15.9 Å². The summed E-state index contributed by atoms with van der Waals surface area (Å²) < 4.78 is 32.1. The maximum Gasteiger partial charge on any atom is 0.137 e. The first kappa shape index (κ1) is 14.0. The highest BCUT2D eigenvalue weighted by atomic mass is 79.9. The second kappa shape index (κ2) is 6.12. The molecule has 2 nitrogen and oxygen atoms in total. The molecule has 0 bridgehead atoms. The Bertz CT molecular complexity index is 588. The first-order valence-corrected chi connectivity index (χ1v) is 6.36. The van der Waals surface area contributed by atoms with Crippen LogP contribution in [0.3, 0.4) is 0 Å². The van der Waals surface area contributed by atoms with Gasteiger partial charge >= 0.3 is 0 Å². The zero-order valence-electron chi connectivity index (χ0n) is 9.87. The Morgan fingerprint density at radius 3 is 2.63 bits per heavy atom. The number of hydrogen-bond donors (Lipinski definition) is 1. The fraction of sp³-hybridized carbons (Fsp3) is 0.143. The average Bonchev–Trinajstić information content (AvgIpc) is 2.41. The van der Waals surface area contributed by atoms with E-state index in [1.54, 1.807) is 12.1 Å². The summed E-state index contributed by atoms with van der Waals surface area (Å²) in [4.78, 5) is 0. The molecule has 19 heavy (non-hydrogen) atoms. The molecule has 0 radical (unpaired) electrons. The van der Waals surface area contributed by atoms with Gasteiger partial charge in [-0.25, -0.2) is 8.78 Å². The monoisotopic (exact) mass is 328 g/mol. The number of aliphatic hydroxyl groups is 1. The molecule has 0 saturated heterocycles. The van der Waals surface area contributed by atoms with Crippen molar-refractivity contribution in [3.05, 3.63) is 63.6 Å². The van der Waals surface area contributed by atoms with Crippen LogP contribution in [0.1, 0.15) is 11.1 Å². The van der Waals surface area contributed by atoms with Crippen molar-refractivity contribution in [2.24, 2.45) is 0 Å². The summed E-state index contributed by atoms with van der Waals surface area (Å²) >= 11 is 3.14. The molecule has 2 rings (SSSR count). The smallest absolute Gasteiger partial charge is 0.137 e. The van der Waals surface area contributed by atoms with Crippen molar-refractivity contribution in [1.82, 2.24) is 0 Å². The van der Waals surface area contributed by atoms with E-state index in [4.69, 9.17) is 9.84 Å². The highest BCUT2D eigenvalue weighted by Crippen LogP contribution is 2.24.